The van der Waals surface area contributed by atoms with Crippen molar-refractivity contribution in [3.05, 3.63) is 118 Å². The number of carbonyl (C=O) groups excluding carboxylic acids is 2. The zero-order valence-electron chi connectivity index (χ0n) is 29.7. The molecule has 1 aliphatic rings. The number of aromatic nitrogens is 2. The Morgan fingerprint density at radius 1 is 0.843 bits per heavy atom. The number of halogens is 2. The van der Waals surface area contributed by atoms with Crippen molar-refractivity contribution in [3.63, 3.8) is 0 Å². The number of hydrogen-bond donors (Lipinski definition) is 3. The van der Waals surface area contributed by atoms with E-state index >= 15 is 0 Å². The monoisotopic (exact) mass is 700 g/mol. The summed E-state index contributed by atoms with van der Waals surface area (Å²) in [6.07, 6.45) is 6.41. The first kappa shape index (κ1) is 37.4. The van der Waals surface area contributed by atoms with Crippen molar-refractivity contribution in [1.82, 2.24) is 20.6 Å². The largest absolute Gasteiger partial charge is 0.473 e. The summed E-state index contributed by atoms with van der Waals surface area (Å²) in [4.78, 5) is 34.2. The molecule has 4 aromatic rings. The van der Waals surface area contributed by atoms with Crippen molar-refractivity contribution < 1.29 is 33.0 Å². The molecule has 0 saturated heterocycles. The van der Waals surface area contributed by atoms with E-state index in [9.17, 15) is 23.5 Å². The fourth-order valence-corrected chi connectivity index (χ4v) is 6.19. The second-order valence-electron chi connectivity index (χ2n) is 14.0. The fraction of sp³-hybridized carbons (Fsp3) is 0.400. The molecule has 0 aliphatic heterocycles. The Kier molecular flexibility index (Phi) is 12.0. The molecule has 5 rings (SSSR count). The van der Waals surface area contributed by atoms with E-state index in [4.69, 9.17) is 9.47 Å². The van der Waals surface area contributed by atoms with Gasteiger partial charge in [0.2, 0.25) is 11.8 Å². The van der Waals surface area contributed by atoms with E-state index < -0.39 is 11.6 Å². The van der Waals surface area contributed by atoms with Crippen LogP contribution in [0.25, 0.3) is 0 Å². The van der Waals surface area contributed by atoms with Gasteiger partial charge in [0.05, 0.1) is 22.8 Å². The minimum atomic E-state index is -1.07. The molecule has 0 bridgehead atoms. The molecule has 2 aromatic carbocycles. The highest BCUT2D eigenvalue weighted by Gasteiger charge is 2.28. The third-order valence-electron chi connectivity index (χ3n) is 9.69. The zero-order valence-corrected chi connectivity index (χ0v) is 29.7. The molecule has 11 heteroatoms. The maximum Gasteiger partial charge on any atom is 0.253 e. The van der Waals surface area contributed by atoms with Crippen molar-refractivity contribution in [2.24, 2.45) is 5.92 Å². The Morgan fingerprint density at radius 3 is 2.20 bits per heavy atom. The minimum Gasteiger partial charge on any atom is -0.473 e. The Balaban J connectivity index is 1.10. The Morgan fingerprint density at radius 2 is 1.53 bits per heavy atom. The van der Waals surface area contributed by atoms with Gasteiger partial charge in [0.25, 0.3) is 11.8 Å². The molecule has 3 N–H and O–H groups in total. The molecule has 2 unspecified atom stereocenters. The number of ether oxygens (including phenoxy) is 2. The Bertz CT molecular complexity index is 1820. The predicted molar refractivity (Wildman–Crippen MR) is 190 cm³/mol. The molecule has 2 aromatic heterocycles. The number of carbonyl (C=O) groups is 2. The van der Waals surface area contributed by atoms with E-state index in [2.05, 4.69) is 20.6 Å². The SMILES string of the molecule is Cc1cc(OCc2cccc(F)c2)ncc1C(=O)NC(C)C1CCC(c2cc(F)cc(COc3ccc(C(=O)NC(C)C(C)(C)O)cn3)c2)CC1. The average molecular weight is 701 g/mol. The molecule has 270 valence electrons. The van der Waals surface area contributed by atoms with Gasteiger partial charge in [-0.25, -0.2) is 18.7 Å². The van der Waals surface area contributed by atoms with Crippen LogP contribution in [0.1, 0.15) is 102 Å². The van der Waals surface area contributed by atoms with E-state index in [1.807, 2.05) is 19.9 Å². The van der Waals surface area contributed by atoms with Gasteiger partial charge in [0, 0.05) is 30.6 Å². The van der Waals surface area contributed by atoms with Crippen LogP contribution < -0.4 is 20.1 Å². The van der Waals surface area contributed by atoms with Crippen molar-refractivity contribution >= 4 is 11.8 Å². The summed E-state index contributed by atoms with van der Waals surface area (Å²) >= 11 is 0. The third-order valence-corrected chi connectivity index (χ3v) is 9.69. The molecule has 51 heavy (non-hydrogen) atoms. The van der Waals surface area contributed by atoms with E-state index in [-0.39, 0.29) is 54.5 Å². The van der Waals surface area contributed by atoms with Crippen LogP contribution in [-0.2, 0) is 13.2 Å². The van der Waals surface area contributed by atoms with Gasteiger partial charge >= 0.3 is 0 Å². The quantitative estimate of drug-likeness (QED) is 0.135. The number of aliphatic hydroxyl groups is 1. The average Bonchev–Trinajstić information content (AvgIpc) is 3.09. The number of aryl methyl sites for hydroxylation is 1. The number of rotatable bonds is 13. The number of nitrogens with one attached hydrogen (secondary N) is 2. The van der Waals surface area contributed by atoms with Gasteiger partial charge in [-0.05, 0) is 125 Å². The van der Waals surface area contributed by atoms with Crippen LogP contribution >= 0.6 is 0 Å². The molecule has 0 spiro atoms. The van der Waals surface area contributed by atoms with Gasteiger partial charge in [-0.1, -0.05) is 18.2 Å². The number of nitrogens with zero attached hydrogens (tertiary/aromatic N) is 2. The lowest BCUT2D eigenvalue weighted by Gasteiger charge is -2.33. The topological polar surface area (TPSA) is 123 Å². The first-order chi connectivity index (χ1) is 24.2. The molecule has 1 aliphatic carbocycles. The van der Waals surface area contributed by atoms with Crippen LogP contribution in [0.15, 0.2) is 73.1 Å². The Hall–Kier alpha value is -4.90. The number of benzene rings is 2. The lowest BCUT2D eigenvalue weighted by Crippen LogP contribution is -2.47. The summed E-state index contributed by atoms with van der Waals surface area (Å²) in [6, 6.07) is 15.5. The highest BCUT2D eigenvalue weighted by Crippen LogP contribution is 2.38. The molecule has 2 heterocycles. The lowest BCUT2D eigenvalue weighted by molar-refractivity contribution is 0.0408. The molecular weight excluding hydrogens is 654 g/mol. The van der Waals surface area contributed by atoms with Gasteiger partial charge in [-0.15, -0.1) is 0 Å². The number of hydrogen-bond acceptors (Lipinski definition) is 7. The standard InChI is InChI=1S/C40H46F2N4O5/c1-24-15-37(51-22-27-7-6-8-33(41)17-27)44-21-35(24)39(48)45-25(2)29-9-11-30(12-10-29)32-16-28(18-34(42)19-32)23-50-36-14-13-31(20-43-36)38(47)46-26(3)40(4,5)49/h6-8,13-21,25-26,29-30,49H,9-12,22-23H2,1-5H3,(H,45,48)(H,46,47). The molecule has 2 atom stereocenters. The van der Waals surface area contributed by atoms with E-state index in [0.29, 0.717) is 34.0 Å². The molecular formula is C40H46F2N4O5. The highest BCUT2D eigenvalue weighted by atomic mass is 19.1. The van der Waals surface area contributed by atoms with Gasteiger partial charge in [0.15, 0.2) is 0 Å². The maximum atomic E-state index is 14.7. The van der Waals surface area contributed by atoms with Gasteiger partial charge in [0.1, 0.15) is 24.8 Å². The van der Waals surface area contributed by atoms with Crippen LogP contribution in [0.5, 0.6) is 11.8 Å². The number of pyridine rings is 2. The lowest BCUT2D eigenvalue weighted by atomic mass is 9.76. The minimum absolute atomic E-state index is 0.0619. The molecule has 9 nitrogen and oxygen atoms in total. The van der Waals surface area contributed by atoms with Crippen molar-refractivity contribution in [3.8, 4) is 11.8 Å². The zero-order chi connectivity index (χ0) is 36.7. The first-order valence-corrected chi connectivity index (χ1v) is 17.3. The molecule has 0 radical (unpaired) electrons. The summed E-state index contributed by atoms with van der Waals surface area (Å²) in [6.45, 7) is 9.10. The normalized spacial score (nSPS) is 17.3. The van der Waals surface area contributed by atoms with Crippen LogP contribution in [0.4, 0.5) is 8.78 Å². The Labute approximate surface area is 297 Å². The van der Waals surface area contributed by atoms with Gasteiger partial charge in [-0.2, -0.15) is 0 Å². The second-order valence-corrected chi connectivity index (χ2v) is 14.0. The summed E-state index contributed by atoms with van der Waals surface area (Å²) in [5.41, 5.74) is 2.76. The van der Waals surface area contributed by atoms with Crippen LogP contribution in [0.2, 0.25) is 0 Å². The van der Waals surface area contributed by atoms with E-state index in [0.717, 1.165) is 36.8 Å². The maximum absolute atomic E-state index is 14.7. The second kappa shape index (κ2) is 16.4. The van der Waals surface area contributed by atoms with E-state index in [1.54, 1.807) is 57.2 Å². The van der Waals surface area contributed by atoms with Crippen LogP contribution in [0.3, 0.4) is 0 Å². The molecule has 2 amide bonds. The number of amides is 2. The summed E-state index contributed by atoms with van der Waals surface area (Å²) in [5, 5.41) is 16.0. The summed E-state index contributed by atoms with van der Waals surface area (Å²) < 4.78 is 39.7. The van der Waals surface area contributed by atoms with E-state index in [1.165, 1.54) is 30.6 Å². The highest BCUT2D eigenvalue weighted by molar-refractivity contribution is 5.95. The van der Waals surface area contributed by atoms with Gasteiger partial charge in [-0.3, -0.25) is 9.59 Å². The van der Waals surface area contributed by atoms with Gasteiger partial charge < -0.3 is 25.2 Å². The summed E-state index contributed by atoms with van der Waals surface area (Å²) in [5.74, 6) is -0.0859. The van der Waals surface area contributed by atoms with Crippen molar-refractivity contribution in [1.29, 1.82) is 0 Å². The smallest absolute Gasteiger partial charge is 0.253 e. The van der Waals surface area contributed by atoms with Crippen LogP contribution in [0, 0.1) is 24.5 Å². The van der Waals surface area contributed by atoms with Crippen molar-refractivity contribution in [2.45, 2.75) is 97.1 Å². The first-order valence-electron chi connectivity index (χ1n) is 17.3. The third kappa shape index (κ3) is 10.3. The summed E-state index contributed by atoms with van der Waals surface area (Å²) in [7, 11) is 0. The molecule has 1 saturated carbocycles. The van der Waals surface area contributed by atoms with Crippen molar-refractivity contribution in [2.75, 3.05) is 0 Å². The van der Waals surface area contributed by atoms with Crippen LogP contribution in [-0.4, -0.2) is 44.6 Å². The molecule has 1 fully saturated rings. The fourth-order valence-electron chi connectivity index (χ4n) is 6.19. The predicted octanol–water partition coefficient (Wildman–Crippen LogP) is 7.20.